The molecule has 0 bridgehead atoms. The van der Waals surface area contributed by atoms with Crippen molar-refractivity contribution in [3.63, 3.8) is 0 Å². The number of carbonyl (C=O) groups is 1. The number of carbonyl (C=O) groups excluding carboxylic acids is 1. The van der Waals surface area contributed by atoms with E-state index in [1.807, 2.05) is 109 Å². The fourth-order valence-electron chi connectivity index (χ4n) is 4.21. The maximum absolute atomic E-state index is 13.1. The number of hydrogen-bond acceptors (Lipinski definition) is 4. The Bertz CT molecular complexity index is 1370. The number of fused-ring (bicyclic) bond motifs is 1. The predicted molar refractivity (Wildman–Crippen MR) is 138 cm³/mol. The standard InChI is InChI=1S/C28H26N4O2/c1-20-26(28(34)32(30-20)23-12-6-3-7-13-23)16-21-18-31(27-15-9-8-14-25(21)27)19-24(33)17-29-22-10-4-2-5-11-22/h2-16,18,24,29,33H,17,19H2,1H3/b26-16+/t24-/m1/s1. The van der Waals surface area contributed by atoms with Crippen LogP contribution >= 0.6 is 0 Å². The summed E-state index contributed by atoms with van der Waals surface area (Å²) in [5.74, 6) is -0.146. The van der Waals surface area contributed by atoms with Gasteiger partial charge in [-0.1, -0.05) is 54.6 Å². The summed E-state index contributed by atoms with van der Waals surface area (Å²) in [6.07, 6.45) is 3.31. The number of aliphatic hydroxyl groups excluding tert-OH is 1. The molecule has 0 unspecified atom stereocenters. The average molecular weight is 451 g/mol. The number of benzene rings is 3. The molecule has 6 nitrogen and oxygen atoms in total. The number of anilines is 2. The van der Waals surface area contributed by atoms with E-state index >= 15 is 0 Å². The molecule has 1 aromatic heterocycles. The molecule has 1 atom stereocenters. The number of rotatable bonds is 7. The molecule has 5 rings (SSSR count). The third-order valence-electron chi connectivity index (χ3n) is 5.91. The SMILES string of the molecule is CC1=NN(c2ccccc2)C(=O)/C1=C/c1cn(C[C@H](O)CNc2ccccc2)c2ccccc12. The minimum Gasteiger partial charge on any atom is -0.389 e. The molecule has 170 valence electrons. The van der Waals surface area contributed by atoms with Crippen LogP contribution in [-0.2, 0) is 11.3 Å². The van der Waals surface area contributed by atoms with Crippen molar-refractivity contribution in [1.29, 1.82) is 0 Å². The van der Waals surface area contributed by atoms with Gasteiger partial charge in [0.15, 0.2) is 0 Å². The van der Waals surface area contributed by atoms with E-state index in [2.05, 4.69) is 10.4 Å². The number of nitrogens with zero attached hydrogens (tertiary/aromatic N) is 3. The van der Waals surface area contributed by atoms with Gasteiger partial charge in [-0.25, -0.2) is 0 Å². The molecule has 1 aliphatic heterocycles. The molecular formula is C28H26N4O2. The van der Waals surface area contributed by atoms with Gasteiger partial charge in [-0.2, -0.15) is 10.1 Å². The second kappa shape index (κ2) is 9.37. The fourth-order valence-corrected chi connectivity index (χ4v) is 4.21. The van der Waals surface area contributed by atoms with Crippen LogP contribution in [0.3, 0.4) is 0 Å². The molecule has 4 aromatic rings. The van der Waals surface area contributed by atoms with E-state index in [4.69, 9.17) is 0 Å². The van der Waals surface area contributed by atoms with Gasteiger partial charge < -0.3 is 15.0 Å². The smallest absolute Gasteiger partial charge is 0.280 e. The number of nitrogens with one attached hydrogen (secondary N) is 1. The maximum atomic E-state index is 13.1. The molecule has 0 aliphatic carbocycles. The normalized spacial score (nSPS) is 15.7. The number of hydrogen-bond donors (Lipinski definition) is 2. The van der Waals surface area contributed by atoms with Gasteiger partial charge in [0.05, 0.1) is 29.6 Å². The van der Waals surface area contributed by atoms with Gasteiger partial charge in [0.1, 0.15) is 0 Å². The second-order valence-electron chi connectivity index (χ2n) is 8.35. The summed E-state index contributed by atoms with van der Waals surface area (Å²) < 4.78 is 2.04. The first-order valence-electron chi connectivity index (χ1n) is 11.3. The number of amides is 1. The van der Waals surface area contributed by atoms with Crippen LogP contribution in [0.1, 0.15) is 12.5 Å². The molecule has 0 saturated heterocycles. The highest BCUT2D eigenvalue weighted by Crippen LogP contribution is 2.28. The van der Waals surface area contributed by atoms with E-state index in [0.29, 0.717) is 24.4 Å². The van der Waals surface area contributed by atoms with Crippen molar-refractivity contribution >= 4 is 40.0 Å². The fraction of sp³-hybridized carbons (Fsp3) is 0.143. The van der Waals surface area contributed by atoms with Crippen LogP contribution in [0.4, 0.5) is 11.4 Å². The van der Waals surface area contributed by atoms with Crippen molar-refractivity contribution < 1.29 is 9.90 Å². The largest absolute Gasteiger partial charge is 0.389 e. The first kappa shape index (κ1) is 21.7. The Balaban J connectivity index is 1.40. The second-order valence-corrected chi connectivity index (χ2v) is 8.35. The van der Waals surface area contributed by atoms with E-state index in [1.165, 1.54) is 5.01 Å². The number of aliphatic hydroxyl groups is 1. The highest BCUT2D eigenvalue weighted by Gasteiger charge is 2.29. The summed E-state index contributed by atoms with van der Waals surface area (Å²) in [6, 6.07) is 27.3. The predicted octanol–water partition coefficient (Wildman–Crippen LogP) is 4.92. The van der Waals surface area contributed by atoms with Gasteiger partial charge >= 0.3 is 0 Å². The molecule has 6 heteroatoms. The summed E-state index contributed by atoms with van der Waals surface area (Å²) in [6.45, 7) is 2.72. The highest BCUT2D eigenvalue weighted by molar-refractivity contribution is 6.32. The molecule has 2 N–H and O–H groups in total. The Labute approximate surface area is 198 Å². The van der Waals surface area contributed by atoms with Crippen molar-refractivity contribution in [2.45, 2.75) is 19.6 Å². The highest BCUT2D eigenvalue weighted by atomic mass is 16.3. The van der Waals surface area contributed by atoms with Crippen molar-refractivity contribution in [2.24, 2.45) is 5.10 Å². The minimum absolute atomic E-state index is 0.146. The van der Waals surface area contributed by atoms with Gasteiger partial charge in [0, 0.05) is 34.9 Å². The molecule has 2 heterocycles. The van der Waals surface area contributed by atoms with E-state index in [-0.39, 0.29) is 5.91 Å². The Kier molecular flexibility index (Phi) is 5.97. The molecule has 0 radical (unpaired) electrons. The first-order chi connectivity index (χ1) is 16.6. The third-order valence-corrected chi connectivity index (χ3v) is 5.91. The molecule has 1 amide bonds. The Morgan fingerprint density at radius 3 is 2.41 bits per heavy atom. The van der Waals surface area contributed by atoms with Crippen LogP contribution in [0.5, 0.6) is 0 Å². The zero-order valence-electron chi connectivity index (χ0n) is 18.9. The summed E-state index contributed by atoms with van der Waals surface area (Å²) in [7, 11) is 0. The van der Waals surface area contributed by atoms with Crippen LogP contribution in [0.2, 0.25) is 0 Å². The van der Waals surface area contributed by atoms with E-state index in [1.54, 1.807) is 0 Å². The molecule has 1 aliphatic rings. The number of para-hydroxylation sites is 3. The summed E-state index contributed by atoms with van der Waals surface area (Å²) >= 11 is 0. The van der Waals surface area contributed by atoms with Gasteiger partial charge in [-0.15, -0.1) is 0 Å². The van der Waals surface area contributed by atoms with Crippen LogP contribution < -0.4 is 10.3 Å². The lowest BCUT2D eigenvalue weighted by Crippen LogP contribution is -2.24. The van der Waals surface area contributed by atoms with Crippen molar-refractivity contribution in [1.82, 2.24) is 4.57 Å². The summed E-state index contributed by atoms with van der Waals surface area (Å²) in [5.41, 5.74) is 4.89. The zero-order valence-corrected chi connectivity index (χ0v) is 18.9. The molecule has 34 heavy (non-hydrogen) atoms. The zero-order chi connectivity index (χ0) is 23.5. The first-order valence-corrected chi connectivity index (χ1v) is 11.3. The average Bonchev–Trinajstić information content (AvgIpc) is 3.36. The Morgan fingerprint density at radius 1 is 0.971 bits per heavy atom. The molecule has 0 saturated carbocycles. The Morgan fingerprint density at radius 2 is 1.65 bits per heavy atom. The molecular weight excluding hydrogens is 424 g/mol. The quantitative estimate of drug-likeness (QED) is 0.393. The number of aromatic nitrogens is 1. The van der Waals surface area contributed by atoms with Gasteiger partial charge in [0.2, 0.25) is 0 Å². The lowest BCUT2D eigenvalue weighted by molar-refractivity contribution is -0.114. The minimum atomic E-state index is -0.582. The third kappa shape index (κ3) is 4.36. The van der Waals surface area contributed by atoms with Gasteiger partial charge in [0.25, 0.3) is 5.91 Å². The molecule has 0 spiro atoms. The Hall–Kier alpha value is -4.16. The topological polar surface area (TPSA) is 69.9 Å². The van der Waals surface area contributed by atoms with E-state index in [0.717, 1.165) is 27.8 Å². The molecule has 0 fully saturated rings. The van der Waals surface area contributed by atoms with E-state index in [9.17, 15) is 9.90 Å². The van der Waals surface area contributed by atoms with Crippen molar-refractivity contribution in [2.75, 3.05) is 16.9 Å². The number of hydrazone groups is 1. The van der Waals surface area contributed by atoms with E-state index < -0.39 is 6.10 Å². The summed E-state index contributed by atoms with van der Waals surface area (Å²) in [5, 5.41) is 20.9. The van der Waals surface area contributed by atoms with Crippen molar-refractivity contribution in [3.05, 3.63) is 102 Å². The van der Waals surface area contributed by atoms with Crippen LogP contribution in [0.25, 0.3) is 17.0 Å². The van der Waals surface area contributed by atoms with Gasteiger partial charge in [-0.3, -0.25) is 4.79 Å². The van der Waals surface area contributed by atoms with Crippen molar-refractivity contribution in [3.8, 4) is 0 Å². The molecule has 3 aromatic carbocycles. The summed E-state index contributed by atoms with van der Waals surface area (Å²) in [4.78, 5) is 13.1. The monoisotopic (exact) mass is 450 g/mol. The van der Waals surface area contributed by atoms with Crippen LogP contribution in [0.15, 0.2) is 102 Å². The lowest BCUT2D eigenvalue weighted by atomic mass is 10.1. The van der Waals surface area contributed by atoms with Crippen LogP contribution in [0, 0.1) is 0 Å². The van der Waals surface area contributed by atoms with Gasteiger partial charge in [-0.05, 0) is 43.3 Å². The lowest BCUT2D eigenvalue weighted by Gasteiger charge is -2.14. The maximum Gasteiger partial charge on any atom is 0.280 e. The van der Waals surface area contributed by atoms with Crippen LogP contribution in [-0.4, -0.2) is 33.9 Å².